The SMILES string of the molecule is O=[N+]([O-])c1nc(Br)ccc1O.O=[N+]([O-])c1ncccc1CO.[HH]. The van der Waals surface area contributed by atoms with Crippen LogP contribution in [0, 0.1) is 20.2 Å². The molecule has 0 saturated heterocycles. The smallest absolute Gasteiger partial charge is 0.407 e. The molecule has 0 aliphatic heterocycles. The summed E-state index contributed by atoms with van der Waals surface area (Å²) in [6, 6.07) is 5.63. The summed E-state index contributed by atoms with van der Waals surface area (Å²) in [7, 11) is 0. The van der Waals surface area contributed by atoms with Gasteiger partial charge in [-0.05, 0) is 38.0 Å². The summed E-state index contributed by atoms with van der Waals surface area (Å²) in [6.07, 6.45) is 1.32. The topological polar surface area (TPSA) is 153 Å². The van der Waals surface area contributed by atoms with E-state index >= 15 is 0 Å². The van der Waals surface area contributed by atoms with Crippen LogP contribution in [0.3, 0.4) is 0 Å². The number of hydrogen-bond donors (Lipinski definition) is 2. The van der Waals surface area contributed by atoms with Gasteiger partial charge in [0.1, 0.15) is 6.20 Å². The van der Waals surface area contributed by atoms with Gasteiger partial charge in [0.2, 0.25) is 10.4 Å². The molecule has 2 heterocycles. The molecule has 0 radical (unpaired) electrons. The maximum absolute atomic E-state index is 10.2. The highest BCUT2D eigenvalue weighted by molar-refractivity contribution is 9.10. The number of hydrogen-bond acceptors (Lipinski definition) is 8. The van der Waals surface area contributed by atoms with E-state index in [2.05, 4.69) is 25.9 Å². The Hall–Kier alpha value is -2.66. The summed E-state index contributed by atoms with van der Waals surface area (Å²) < 4.78 is 0.321. The molecule has 0 unspecified atom stereocenters. The fourth-order valence-electron chi connectivity index (χ4n) is 1.27. The van der Waals surface area contributed by atoms with Gasteiger partial charge in [0.15, 0.2) is 0 Å². The standard InChI is InChI=1S/C6H6N2O3.C5H3BrN2O3.H2/c9-4-5-2-1-3-7-6(5)8(10)11;6-4-2-1-3(9)5(7-4)8(10)11;/h1-3,9H,4H2;1-2,9H;1H. The van der Waals surface area contributed by atoms with Crippen molar-refractivity contribution in [2.45, 2.75) is 6.61 Å². The lowest BCUT2D eigenvalue weighted by molar-refractivity contribution is -0.390. The number of pyridine rings is 2. The predicted octanol–water partition coefficient (Wildman–Crippen LogP) is 2.19. The number of aliphatic hydroxyl groups excluding tert-OH is 1. The number of nitro groups is 2. The number of rotatable bonds is 3. The summed E-state index contributed by atoms with van der Waals surface area (Å²) >= 11 is 2.94. The average molecular weight is 375 g/mol. The van der Waals surface area contributed by atoms with Gasteiger partial charge in [0.25, 0.3) is 0 Å². The quantitative estimate of drug-likeness (QED) is 0.470. The summed E-state index contributed by atoms with van der Waals surface area (Å²) in [5.74, 6) is -1.26. The molecular formula is C11H11BrN4O6. The van der Waals surface area contributed by atoms with Gasteiger partial charge in [-0.3, -0.25) is 0 Å². The molecule has 0 aromatic carbocycles. The second kappa shape index (κ2) is 7.95. The van der Waals surface area contributed by atoms with Crippen molar-refractivity contribution in [3.05, 3.63) is 60.9 Å². The zero-order valence-electron chi connectivity index (χ0n) is 10.8. The van der Waals surface area contributed by atoms with Gasteiger partial charge >= 0.3 is 11.6 Å². The molecule has 0 bridgehead atoms. The van der Waals surface area contributed by atoms with E-state index in [1.54, 1.807) is 6.07 Å². The van der Waals surface area contributed by atoms with Crippen molar-refractivity contribution < 1.29 is 21.5 Å². The monoisotopic (exact) mass is 374 g/mol. The molecule has 0 amide bonds. The van der Waals surface area contributed by atoms with E-state index in [9.17, 15) is 20.2 Å². The molecule has 0 aliphatic rings. The fraction of sp³-hybridized carbons (Fsp3) is 0.0909. The third kappa shape index (κ3) is 4.71. The van der Waals surface area contributed by atoms with Crippen LogP contribution < -0.4 is 0 Å². The van der Waals surface area contributed by atoms with Gasteiger partial charge in [-0.1, -0.05) is 0 Å². The third-order valence-corrected chi connectivity index (χ3v) is 2.65. The van der Waals surface area contributed by atoms with E-state index in [1.807, 2.05) is 0 Å². The van der Waals surface area contributed by atoms with Crippen LogP contribution in [0.2, 0.25) is 0 Å². The molecule has 0 aliphatic carbocycles. The van der Waals surface area contributed by atoms with Gasteiger partial charge < -0.3 is 30.4 Å². The van der Waals surface area contributed by atoms with Crippen molar-refractivity contribution in [2.75, 3.05) is 0 Å². The molecule has 0 atom stereocenters. The van der Waals surface area contributed by atoms with E-state index < -0.39 is 21.4 Å². The maximum Gasteiger partial charge on any atom is 0.407 e. The summed E-state index contributed by atoms with van der Waals surface area (Å²) in [5.41, 5.74) is 0.234. The van der Waals surface area contributed by atoms with Crippen LogP contribution in [0.15, 0.2) is 35.1 Å². The van der Waals surface area contributed by atoms with Crippen LogP contribution >= 0.6 is 15.9 Å². The van der Waals surface area contributed by atoms with Crippen molar-refractivity contribution in [3.63, 3.8) is 0 Å². The lowest BCUT2D eigenvalue weighted by Crippen LogP contribution is -1.97. The predicted molar refractivity (Wildman–Crippen MR) is 79.2 cm³/mol. The highest BCUT2D eigenvalue weighted by atomic mass is 79.9. The average Bonchev–Trinajstić information content (AvgIpc) is 2.50. The first-order valence-corrected chi connectivity index (χ1v) is 6.35. The number of aromatic nitrogens is 2. The zero-order chi connectivity index (χ0) is 16.7. The fourth-order valence-corrected chi connectivity index (χ4v) is 1.57. The van der Waals surface area contributed by atoms with Crippen molar-refractivity contribution >= 4 is 27.6 Å². The molecule has 0 spiro atoms. The molecule has 2 N–H and O–H groups in total. The summed E-state index contributed by atoms with van der Waals surface area (Å²) in [5, 5.41) is 37.9. The van der Waals surface area contributed by atoms with Crippen LogP contribution in [0.1, 0.15) is 6.99 Å². The first-order valence-electron chi connectivity index (χ1n) is 5.55. The minimum absolute atomic E-state index is 0. The minimum atomic E-state index is -0.750. The maximum atomic E-state index is 10.2. The number of aromatic hydroxyl groups is 1. The first-order chi connectivity index (χ1) is 10.4. The van der Waals surface area contributed by atoms with Crippen LogP contribution in [0.5, 0.6) is 5.75 Å². The van der Waals surface area contributed by atoms with Crippen LogP contribution in [0.25, 0.3) is 0 Å². The first kappa shape index (κ1) is 17.4. The van der Waals surface area contributed by atoms with Gasteiger partial charge in [-0.15, -0.1) is 0 Å². The van der Waals surface area contributed by atoms with Crippen molar-refractivity contribution in [2.24, 2.45) is 0 Å². The number of nitrogens with zero attached hydrogens (tertiary/aromatic N) is 4. The van der Waals surface area contributed by atoms with Crippen molar-refractivity contribution in [3.8, 4) is 5.75 Å². The Morgan fingerprint density at radius 2 is 1.82 bits per heavy atom. The van der Waals surface area contributed by atoms with E-state index in [4.69, 9.17) is 10.2 Å². The second-order valence-electron chi connectivity index (χ2n) is 3.64. The van der Waals surface area contributed by atoms with E-state index in [0.29, 0.717) is 4.60 Å². The van der Waals surface area contributed by atoms with Crippen LogP contribution in [-0.2, 0) is 6.61 Å². The molecule has 2 rings (SSSR count). The zero-order valence-corrected chi connectivity index (χ0v) is 12.4. The highest BCUT2D eigenvalue weighted by Gasteiger charge is 2.15. The Kier molecular flexibility index (Phi) is 6.28. The molecule has 2 aromatic heterocycles. The molecule has 10 nitrogen and oxygen atoms in total. The number of halogens is 1. The normalized spacial score (nSPS) is 9.55. The molecule has 22 heavy (non-hydrogen) atoms. The van der Waals surface area contributed by atoms with Crippen molar-refractivity contribution in [1.29, 1.82) is 0 Å². The minimum Gasteiger partial charge on any atom is -0.501 e. The number of aliphatic hydroxyl groups is 1. The molecule has 0 fully saturated rings. The van der Waals surface area contributed by atoms with E-state index in [1.165, 1.54) is 24.4 Å². The lowest BCUT2D eigenvalue weighted by Gasteiger charge is -1.95. The van der Waals surface area contributed by atoms with Gasteiger partial charge in [0, 0.05) is 23.4 Å². The highest BCUT2D eigenvalue weighted by Crippen LogP contribution is 2.24. The van der Waals surface area contributed by atoms with Gasteiger partial charge in [0.05, 0.1) is 12.2 Å². The van der Waals surface area contributed by atoms with E-state index in [0.717, 1.165) is 0 Å². The molecule has 2 aromatic rings. The molecule has 0 saturated carbocycles. The largest absolute Gasteiger partial charge is 0.501 e. The van der Waals surface area contributed by atoms with E-state index in [-0.39, 0.29) is 19.4 Å². The molecule has 11 heteroatoms. The Morgan fingerprint density at radius 3 is 2.27 bits per heavy atom. The second-order valence-corrected chi connectivity index (χ2v) is 4.45. The Labute approximate surface area is 133 Å². The Balaban J connectivity index is 0.000000403. The molecular weight excluding hydrogens is 364 g/mol. The summed E-state index contributed by atoms with van der Waals surface area (Å²) in [6.45, 7) is -0.357. The third-order valence-electron chi connectivity index (χ3n) is 2.20. The van der Waals surface area contributed by atoms with Gasteiger partial charge in [-0.2, -0.15) is 0 Å². The van der Waals surface area contributed by atoms with Gasteiger partial charge in [-0.25, -0.2) is 0 Å². The Morgan fingerprint density at radius 1 is 1.18 bits per heavy atom. The van der Waals surface area contributed by atoms with Crippen LogP contribution in [0.4, 0.5) is 11.6 Å². The lowest BCUT2D eigenvalue weighted by atomic mass is 10.3. The molecule has 118 valence electrons. The Bertz CT molecular complexity index is 702. The van der Waals surface area contributed by atoms with Crippen LogP contribution in [-0.4, -0.2) is 30.0 Å². The summed E-state index contributed by atoms with van der Waals surface area (Å²) in [4.78, 5) is 25.9. The van der Waals surface area contributed by atoms with Crippen molar-refractivity contribution in [1.82, 2.24) is 9.97 Å².